The molecule has 0 N–H and O–H groups in total. The minimum atomic E-state index is -0.869. The van der Waals surface area contributed by atoms with Crippen molar-refractivity contribution in [2.45, 2.75) is 18.6 Å². The maximum Gasteiger partial charge on any atom is 0.217 e. The summed E-state index contributed by atoms with van der Waals surface area (Å²) in [5, 5.41) is 8.90. The van der Waals surface area contributed by atoms with Crippen LogP contribution in [0.1, 0.15) is 22.7 Å². The second-order valence-corrected chi connectivity index (χ2v) is 14.0. The summed E-state index contributed by atoms with van der Waals surface area (Å²) in [4.78, 5) is 5.33. The van der Waals surface area contributed by atoms with Gasteiger partial charge in [-0.3, -0.25) is 0 Å². The van der Waals surface area contributed by atoms with Gasteiger partial charge in [0.1, 0.15) is 12.1 Å². The molecule has 0 aromatic heterocycles. The monoisotopic (exact) mass is 595 g/mol. The molecule has 0 fully saturated rings. The molecule has 0 radical (unpaired) electrons. The zero-order chi connectivity index (χ0) is 29.7. The van der Waals surface area contributed by atoms with Crippen LogP contribution < -0.4 is 15.9 Å². The molecule has 2 nitrogen and oxygen atoms in total. The van der Waals surface area contributed by atoms with Gasteiger partial charge in [0.05, 0.1) is 0 Å². The van der Waals surface area contributed by atoms with Gasteiger partial charge in [0.2, 0.25) is 5.90 Å². The van der Waals surface area contributed by atoms with Gasteiger partial charge in [-0.15, -0.1) is 0 Å². The molecule has 0 saturated carbocycles. The lowest BCUT2D eigenvalue weighted by molar-refractivity contribution is 0.206. The van der Waals surface area contributed by atoms with E-state index in [2.05, 4.69) is 158 Å². The van der Waals surface area contributed by atoms with Crippen LogP contribution >= 0.6 is 7.92 Å². The Hall–Kier alpha value is -5.04. The largest absolute Gasteiger partial charge is 0.471 e. The van der Waals surface area contributed by atoms with Crippen LogP contribution in [0.15, 0.2) is 163 Å². The SMILES string of the molecule is c1ccc(P(c2ccccc2)c2ccc3ccccc3c2-c2c(C3=N[C@H]4c5ccccc5C[C@H]4O3)ccc3ccccc23)cc1. The van der Waals surface area contributed by atoms with Crippen molar-refractivity contribution in [1.82, 2.24) is 0 Å². The van der Waals surface area contributed by atoms with E-state index < -0.39 is 7.92 Å². The third-order valence-corrected chi connectivity index (χ3v) is 11.7. The molecule has 7 aromatic rings. The van der Waals surface area contributed by atoms with Gasteiger partial charge in [-0.05, 0) is 68.1 Å². The molecule has 1 heterocycles. The Morgan fingerprint density at radius 1 is 0.533 bits per heavy atom. The molecular weight excluding hydrogens is 565 g/mol. The fraction of sp³-hybridized carbons (Fsp3) is 0.0714. The van der Waals surface area contributed by atoms with Gasteiger partial charge in [0.25, 0.3) is 0 Å². The van der Waals surface area contributed by atoms with Crippen LogP contribution in [0, 0.1) is 0 Å². The Bertz CT molecular complexity index is 2200. The molecule has 0 bridgehead atoms. The lowest BCUT2D eigenvalue weighted by Gasteiger charge is -2.25. The number of hydrogen-bond donors (Lipinski definition) is 0. The maximum absolute atomic E-state index is 6.80. The van der Waals surface area contributed by atoms with Crippen LogP contribution in [0.3, 0.4) is 0 Å². The zero-order valence-corrected chi connectivity index (χ0v) is 25.6. The average Bonchev–Trinajstić information content (AvgIpc) is 3.67. The van der Waals surface area contributed by atoms with Crippen molar-refractivity contribution in [1.29, 1.82) is 0 Å². The molecule has 0 unspecified atom stereocenters. The van der Waals surface area contributed by atoms with Crippen LogP contribution in [-0.4, -0.2) is 12.0 Å². The number of nitrogens with zero attached hydrogens (tertiary/aromatic N) is 1. The Balaban J connectivity index is 1.36. The predicted molar refractivity (Wildman–Crippen MR) is 190 cm³/mol. The average molecular weight is 596 g/mol. The topological polar surface area (TPSA) is 21.6 Å². The predicted octanol–water partition coefficient (Wildman–Crippen LogP) is 8.86. The fourth-order valence-corrected chi connectivity index (χ4v) is 9.71. The summed E-state index contributed by atoms with van der Waals surface area (Å²) in [5.41, 5.74) is 6.17. The third kappa shape index (κ3) is 4.40. The second kappa shape index (κ2) is 10.8. The first-order valence-corrected chi connectivity index (χ1v) is 16.9. The van der Waals surface area contributed by atoms with Gasteiger partial charge >= 0.3 is 0 Å². The van der Waals surface area contributed by atoms with Crippen LogP contribution in [-0.2, 0) is 11.2 Å². The van der Waals surface area contributed by atoms with Gasteiger partial charge in [0.15, 0.2) is 0 Å². The summed E-state index contributed by atoms with van der Waals surface area (Å²) in [6.45, 7) is 0. The van der Waals surface area contributed by atoms with Crippen molar-refractivity contribution in [3.63, 3.8) is 0 Å². The number of hydrogen-bond acceptors (Lipinski definition) is 2. The first kappa shape index (κ1) is 26.4. The Labute approximate surface area is 264 Å². The van der Waals surface area contributed by atoms with Crippen molar-refractivity contribution in [3.8, 4) is 11.1 Å². The molecule has 2 atom stereocenters. The van der Waals surface area contributed by atoms with Gasteiger partial charge in [-0.25, -0.2) is 4.99 Å². The van der Waals surface area contributed by atoms with Crippen molar-refractivity contribution in [3.05, 3.63) is 174 Å². The molecule has 2 aliphatic rings. The molecule has 0 amide bonds. The molecule has 3 heteroatoms. The lowest BCUT2D eigenvalue weighted by atomic mass is 9.90. The minimum Gasteiger partial charge on any atom is -0.471 e. The highest BCUT2D eigenvalue weighted by molar-refractivity contribution is 7.80. The van der Waals surface area contributed by atoms with E-state index in [-0.39, 0.29) is 12.1 Å². The summed E-state index contributed by atoms with van der Waals surface area (Å²) in [6, 6.07) is 57.4. The standard InChI is InChI=1S/C42H30NOP/c1-3-16-31(17-4-1)45(32-18-5-2-6-19-32)38-26-24-29-14-8-11-21-34(29)40(38)39-33-20-10-7-13-28(33)23-25-36(39)42-43-41-35-22-12-9-15-30(35)27-37(41)44-42/h1-26,37,41H,27H2/t37-,41+/m1/s1. The molecule has 7 aromatic carbocycles. The van der Waals surface area contributed by atoms with E-state index in [1.807, 2.05) is 0 Å². The summed E-state index contributed by atoms with van der Waals surface area (Å²) in [7, 11) is -0.869. The Morgan fingerprint density at radius 3 is 1.82 bits per heavy atom. The summed E-state index contributed by atoms with van der Waals surface area (Å²) < 4.78 is 6.80. The Kier molecular flexibility index (Phi) is 6.35. The third-order valence-electron chi connectivity index (χ3n) is 9.25. The van der Waals surface area contributed by atoms with E-state index in [4.69, 9.17) is 9.73 Å². The number of fused-ring (bicyclic) bond motifs is 5. The normalized spacial score (nSPS) is 16.9. The molecule has 45 heavy (non-hydrogen) atoms. The number of ether oxygens (including phenoxy) is 1. The van der Waals surface area contributed by atoms with Crippen LogP contribution in [0.5, 0.6) is 0 Å². The molecule has 0 spiro atoms. The molecular formula is C42H30NOP. The highest BCUT2D eigenvalue weighted by Gasteiger charge is 2.40. The number of benzene rings is 7. The molecule has 1 aliphatic carbocycles. The first-order valence-electron chi connectivity index (χ1n) is 15.6. The van der Waals surface area contributed by atoms with Gasteiger partial charge < -0.3 is 4.74 Å². The zero-order valence-electron chi connectivity index (χ0n) is 24.7. The van der Waals surface area contributed by atoms with Gasteiger partial charge in [-0.1, -0.05) is 152 Å². The maximum atomic E-state index is 6.80. The summed E-state index contributed by atoms with van der Waals surface area (Å²) >= 11 is 0. The van der Waals surface area contributed by atoms with Gasteiger partial charge in [-0.2, -0.15) is 0 Å². The minimum absolute atomic E-state index is 0.0354. The van der Waals surface area contributed by atoms with E-state index in [1.165, 1.54) is 59.7 Å². The van der Waals surface area contributed by atoms with E-state index in [9.17, 15) is 0 Å². The van der Waals surface area contributed by atoms with Crippen molar-refractivity contribution >= 4 is 51.3 Å². The molecule has 1 aliphatic heterocycles. The quantitative estimate of drug-likeness (QED) is 0.182. The number of rotatable bonds is 5. The smallest absolute Gasteiger partial charge is 0.217 e. The van der Waals surface area contributed by atoms with Crippen LogP contribution in [0.2, 0.25) is 0 Å². The van der Waals surface area contributed by atoms with E-state index >= 15 is 0 Å². The second-order valence-electron chi connectivity index (χ2n) is 11.8. The van der Waals surface area contributed by atoms with Crippen molar-refractivity contribution in [2.75, 3.05) is 0 Å². The van der Waals surface area contributed by atoms with E-state index in [1.54, 1.807) is 0 Å². The summed E-state index contributed by atoms with van der Waals surface area (Å²) in [5.74, 6) is 0.753. The molecule has 214 valence electrons. The fourth-order valence-electron chi connectivity index (χ4n) is 7.24. The van der Waals surface area contributed by atoms with Crippen LogP contribution in [0.4, 0.5) is 0 Å². The highest BCUT2D eigenvalue weighted by atomic mass is 31.1. The summed E-state index contributed by atoms with van der Waals surface area (Å²) in [6.07, 6.45) is 0.929. The highest BCUT2D eigenvalue weighted by Crippen LogP contribution is 2.46. The first-order chi connectivity index (χ1) is 22.3. The van der Waals surface area contributed by atoms with Gasteiger partial charge in [0, 0.05) is 17.5 Å². The lowest BCUT2D eigenvalue weighted by Crippen LogP contribution is -2.23. The Morgan fingerprint density at radius 2 is 1.11 bits per heavy atom. The van der Waals surface area contributed by atoms with E-state index in [0.717, 1.165) is 17.9 Å². The molecule has 9 rings (SSSR count). The number of aliphatic imine (C=N–C) groups is 1. The van der Waals surface area contributed by atoms with Crippen molar-refractivity contribution in [2.24, 2.45) is 4.99 Å². The molecule has 0 saturated heterocycles. The van der Waals surface area contributed by atoms with E-state index in [0.29, 0.717) is 0 Å². The van der Waals surface area contributed by atoms with Crippen LogP contribution in [0.25, 0.3) is 32.7 Å². The van der Waals surface area contributed by atoms with Crippen molar-refractivity contribution < 1.29 is 4.74 Å².